The standard InChI is InChI=1S/C12H19N5O2/c1-12(2)11(19)15(3)5-6-17(12)10(18)8-7-14-16(4)9(8)13/h7H,5-6,13H2,1-4H3. The first-order valence-electron chi connectivity index (χ1n) is 6.12. The number of aromatic nitrogens is 2. The van der Waals surface area contributed by atoms with E-state index in [1.54, 1.807) is 37.7 Å². The van der Waals surface area contributed by atoms with Crippen LogP contribution in [-0.4, -0.2) is 57.1 Å². The zero-order valence-electron chi connectivity index (χ0n) is 11.7. The van der Waals surface area contributed by atoms with Gasteiger partial charge < -0.3 is 15.5 Å². The first kappa shape index (κ1) is 13.4. The normalized spacial score (nSPS) is 18.8. The zero-order chi connectivity index (χ0) is 14.4. The van der Waals surface area contributed by atoms with Gasteiger partial charge in [0.15, 0.2) is 0 Å². The summed E-state index contributed by atoms with van der Waals surface area (Å²) >= 11 is 0. The molecule has 2 heterocycles. The van der Waals surface area contributed by atoms with Gasteiger partial charge in [-0.25, -0.2) is 0 Å². The zero-order valence-corrected chi connectivity index (χ0v) is 11.7. The second-order valence-corrected chi connectivity index (χ2v) is 5.31. The molecular weight excluding hydrogens is 246 g/mol. The number of hydrogen-bond donors (Lipinski definition) is 1. The second-order valence-electron chi connectivity index (χ2n) is 5.31. The summed E-state index contributed by atoms with van der Waals surface area (Å²) in [6, 6.07) is 0. The van der Waals surface area contributed by atoms with Crippen LogP contribution in [0.25, 0.3) is 0 Å². The summed E-state index contributed by atoms with van der Waals surface area (Å²) in [7, 11) is 3.41. The third kappa shape index (κ3) is 1.94. The molecule has 1 aliphatic heterocycles. The summed E-state index contributed by atoms with van der Waals surface area (Å²) in [6.07, 6.45) is 1.44. The molecule has 2 N–H and O–H groups in total. The van der Waals surface area contributed by atoms with Crippen LogP contribution in [0, 0.1) is 0 Å². The molecule has 7 nitrogen and oxygen atoms in total. The molecule has 2 amide bonds. The number of nitrogens with zero attached hydrogens (tertiary/aromatic N) is 4. The molecule has 7 heteroatoms. The van der Waals surface area contributed by atoms with E-state index in [-0.39, 0.29) is 11.8 Å². The molecule has 0 aliphatic carbocycles. The van der Waals surface area contributed by atoms with Crippen LogP contribution in [0.5, 0.6) is 0 Å². The van der Waals surface area contributed by atoms with Crippen LogP contribution >= 0.6 is 0 Å². The van der Waals surface area contributed by atoms with Crippen molar-refractivity contribution in [1.29, 1.82) is 0 Å². The van der Waals surface area contributed by atoms with Gasteiger partial charge in [-0.1, -0.05) is 0 Å². The Bertz CT molecular complexity index is 534. The van der Waals surface area contributed by atoms with E-state index in [1.165, 1.54) is 10.9 Å². The van der Waals surface area contributed by atoms with E-state index in [9.17, 15) is 9.59 Å². The summed E-state index contributed by atoms with van der Waals surface area (Å²) in [6.45, 7) is 4.50. The molecule has 1 saturated heterocycles. The van der Waals surface area contributed by atoms with Crippen LogP contribution in [0.3, 0.4) is 0 Å². The van der Waals surface area contributed by atoms with Crippen LogP contribution in [-0.2, 0) is 11.8 Å². The van der Waals surface area contributed by atoms with Crippen molar-refractivity contribution in [3.63, 3.8) is 0 Å². The van der Waals surface area contributed by atoms with E-state index in [4.69, 9.17) is 5.73 Å². The fourth-order valence-corrected chi connectivity index (χ4v) is 2.33. The van der Waals surface area contributed by atoms with Crippen LogP contribution in [0.1, 0.15) is 24.2 Å². The number of rotatable bonds is 1. The maximum absolute atomic E-state index is 12.5. The Morgan fingerprint density at radius 3 is 2.53 bits per heavy atom. The summed E-state index contributed by atoms with van der Waals surface area (Å²) in [5.41, 5.74) is 5.29. The molecule has 0 saturated carbocycles. The topological polar surface area (TPSA) is 84.5 Å². The first-order chi connectivity index (χ1) is 8.76. The van der Waals surface area contributed by atoms with Gasteiger partial charge in [-0.2, -0.15) is 5.10 Å². The summed E-state index contributed by atoms with van der Waals surface area (Å²) in [4.78, 5) is 27.9. The van der Waals surface area contributed by atoms with E-state index in [2.05, 4.69) is 5.10 Å². The predicted octanol–water partition coefficient (Wildman–Crippen LogP) is -0.305. The SMILES string of the molecule is CN1CCN(C(=O)c2cnn(C)c2N)C(C)(C)C1=O. The van der Waals surface area contributed by atoms with Gasteiger partial charge in [-0.15, -0.1) is 0 Å². The van der Waals surface area contributed by atoms with E-state index < -0.39 is 5.54 Å². The molecule has 1 aromatic rings. The minimum absolute atomic E-state index is 0.0745. The first-order valence-corrected chi connectivity index (χ1v) is 6.12. The molecule has 0 radical (unpaired) electrons. The van der Waals surface area contributed by atoms with Crippen LogP contribution in [0.2, 0.25) is 0 Å². The van der Waals surface area contributed by atoms with Gasteiger partial charge in [-0.05, 0) is 13.8 Å². The molecule has 0 unspecified atom stereocenters. The molecule has 19 heavy (non-hydrogen) atoms. The maximum Gasteiger partial charge on any atom is 0.260 e. The second kappa shape index (κ2) is 4.25. The van der Waals surface area contributed by atoms with Crippen molar-refractivity contribution in [1.82, 2.24) is 19.6 Å². The van der Waals surface area contributed by atoms with Crippen molar-refractivity contribution in [3.05, 3.63) is 11.8 Å². The van der Waals surface area contributed by atoms with Crippen molar-refractivity contribution in [2.45, 2.75) is 19.4 Å². The number of aryl methyl sites for hydroxylation is 1. The predicted molar refractivity (Wildman–Crippen MR) is 70.4 cm³/mol. The average Bonchev–Trinajstić information content (AvgIpc) is 2.67. The highest BCUT2D eigenvalue weighted by atomic mass is 16.2. The monoisotopic (exact) mass is 265 g/mol. The number of carbonyl (C=O) groups excluding carboxylic acids is 2. The highest BCUT2D eigenvalue weighted by molar-refractivity contribution is 6.02. The minimum atomic E-state index is -0.869. The Labute approximate surface area is 111 Å². The molecule has 1 aliphatic rings. The molecule has 1 fully saturated rings. The summed E-state index contributed by atoms with van der Waals surface area (Å²) in [5.74, 6) is -0.0150. The average molecular weight is 265 g/mol. The number of likely N-dealkylation sites (N-methyl/N-ethyl adjacent to an activating group) is 1. The lowest BCUT2D eigenvalue weighted by molar-refractivity contribution is -0.144. The molecule has 104 valence electrons. The fourth-order valence-electron chi connectivity index (χ4n) is 2.33. The van der Waals surface area contributed by atoms with Crippen molar-refractivity contribution in [2.24, 2.45) is 7.05 Å². The molecule has 0 bridgehead atoms. The molecule has 0 aromatic carbocycles. The Hall–Kier alpha value is -2.05. The lowest BCUT2D eigenvalue weighted by Crippen LogP contribution is -2.63. The number of piperazine rings is 1. The van der Waals surface area contributed by atoms with Gasteiger partial charge in [-0.3, -0.25) is 14.3 Å². The Morgan fingerprint density at radius 2 is 2.00 bits per heavy atom. The number of hydrogen-bond acceptors (Lipinski definition) is 4. The maximum atomic E-state index is 12.5. The lowest BCUT2D eigenvalue weighted by Gasteiger charge is -2.44. The Morgan fingerprint density at radius 1 is 1.37 bits per heavy atom. The molecule has 1 aromatic heterocycles. The van der Waals surface area contributed by atoms with Gasteiger partial charge in [0, 0.05) is 27.2 Å². The Kier molecular flexibility index (Phi) is 3.00. The van der Waals surface area contributed by atoms with Crippen LogP contribution in [0.4, 0.5) is 5.82 Å². The third-order valence-electron chi connectivity index (χ3n) is 3.66. The summed E-state index contributed by atoms with van der Waals surface area (Å²) < 4.78 is 1.44. The van der Waals surface area contributed by atoms with E-state index >= 15 is 0 Å². The van der Waals surface area contributed by atoms with Crippen molar-refractivity contribution >= 4 is 17.6 Å². The number of nitrogens with two attached hydrogens (primary N) is 1. The van der Waals surface area contributed by atoms with Crippen molar-refractivity contribution in [3.8, 4) is 0 Å². The van der Waals surface area contributed by atoms with Gasteiger partial charge >= 0.3 is 0 Å². The minimum Gasteiger partial charge on any atom is -0.383 e. The summed E-state index contributed by atoms with van der Waals surface area (Å²) in [5, 5.41) is 3.96. The molecule has 0 spiro atoms. The third-order valence-corrected chi connectivity index (χ3v) is 3.66. The highest BCUT2D eigenvalue weighted by Crippen LogP contribution is 2.25. The number of amides is 2. The van der Waals surface area contributed by atoms with Gasteiger partial charge in [0.1, 0.15) is 16.9 Å². The van der Waals surface area contributed by atoms with Gasteiger partial charge in [0.25, 0.3) is 5.91 Å². The number of nitrogen functional groups attached to an aromatic ring is 1. The molecule has 2 rings (SSSR count). The Balaban J connectivity index is 2.34. The lowest BCUT2D eigenvalue weighted by atomic mass is 9.97. The number of carbonyl (C=O) groups is 2. The van der Waals surface area contributed by atoms with Crippen LogP contribution in [0.15, 0.2) is 6.20 Å². The van der Waals surface area contributed by atoms with Gasteiger partial charge in [0.05, 0.1) is 6.20 Å². The van der Waals surface area contributed by atoms with E-state index in [1.807, 2.05) is 0 Å². The smallest absolute Gasteiger partial charge is 0.260 e. The van der Waals surface area contributed by atoms with Gasteiger partial charge in [0.2, 0.25) is 5.91 Å². The van der Waals surface area contributed by atoms with Crippen molar-refractivity contribution < 1.29 is 9.59 Å². The van der Waals surface area contributed by atoms with E-state index in [0.717, 1.165) is 0 Å². The van der Waals surface area contributed by atoms with E-state index in [0.29, 0.717) is 24.5 Å². The molecular formula is C12H19N5O2. The largest absolute Gasteiger partial charge is 0.383 e. The quantitative estimate of drug-likeness (QED) is 0.755. The van der Waals surface area contributed by atoms with Crippen molar-refractivity contribution in [2.75, 3.05) is 25.9 Å². The number of anilines is 1. The molecule has 0 atom stereocenters. The fraction of sp³-hybridized carbons (Fsp3) is 0.583. The highest BCUT2D eigenvalue weighted by Gasteiger charge is 2.43. The van der Waals surface area contributed by atoms with Crippen LogP contribution < -0.4 is 5.73 Å².